The molecule has 1 rings (SSSR count). The van der Waals surface area contributed by atoms with E-state index in [1.807, 2.05) is 0 Å². The van der Waals surface area contributed by atoms with Gasteiger partial charge in [0, 0.05) is 18.7 Å². The summed E-state index contributed by atoms with van der Waals surface area (Å²) >= 11 is 0. The topological polar surface area (TPSA) is 118 Å². The first-order valence-corrected chi connectivity index (χ1v) is 6.44. The number of ether oxygens (including phenoxy) is 3. The Kier molecular flexibility index (Phi) is 11.1. The van der Waals surface area contributed by atoms with Gasteiger partial charge < -0.3 is 14.2 Å². The Labute approximate surface area is 175 Å². The fraction of sp³-hybridized carbons (Fsp3) is 0.462. The van der Waals surface area contributed by atoms with E-state index in [9.17, 15) is 19.7 Å². The van der Waals surface area contributed by atoms with Crippen LogP contribution in [0.3, 0.4) is 0 Å². The van der Waals surface area contributed by atoms with Gasteiger partial charge in [0.05, 0.1) is 24.6 Å². The van der Waals surface area contributed by atoms with E-state index >= 15 is 0 Å². The zero-order valence-corrected chi connectivity index (χ0v) is 16.4. The molecule has 120 valence electrons. The SMILES string of the molecule is CCOC(=O)C(=O)Cc1cc(OCCOC)ncc1[N+](=O)[O-].[K+]. The van der Waals surface area contributed by atoms with Crippen LogP contribution >= 0.6 is 0 Å². The molecule has 0 aliphatic heterocycles. The van der Waals surface area contributed by atoms with Crippen molar-refractivity contribution in [3.8, 4) is 5.88 Å². The molecule has 0 saturated heterocycles. The number of carbonyl (C=O) groups is 2. The van der Waals surface area contributed by atoms with Crippen molar-refractivity contribution in [3.63, 3.8) is 0 Å². The molecule has 0 bridgehead atoms. The van der Waals surface area contributed by atoms with Crippen molar-refractivity contribution in [1.29, 1.82) is 0 Å². The molecule has 1 aromatic rings. The van der Waals surface area contributed by atoms with Crippen molar-refractivity contribution in [2.75, 3.05) is 26.9 Å². The average molecular weight is 351 g/mol. The normalized spacial score (nSPS) is 9.65. The number of carbonyl (C=O) groups excluding carboxylic acids is 2. The van der Waals surface area contributed by atoms with E-state index < -0.39 is 23.1 Å². The van der Waals surface area contributed by atoms with Gasteiger partial charge in [0.25, 0.3) is 5.69 Å². The predicted octanol–water partition coefficient (Wildman–Crippen LogP) is -2.31. The summed E-state index contributed by atoms with van der Waals surface area (Å²) < 4.78 is 14.6. The first kappa shape index (κ1) is 22.1. The maximum absolute atomic E-state index is 11.7. The Morgan fingerprint density at radius 3 is 2.61 bits per heavy atom. The van der Waals surface area contributed by atoms with E-state index in [0.717, 1.165) is 6.20 Å². The van der Waals surface area contributed by atoms with Crippen LogP contribution < -0.4 is 56.1 Å². The van der Waals surface area contributed by atoms with Crippen LogP contribution in [0.2, 0.25) is 0 Å². The Morgan fingerprint density at radius 1 is 1.35 bits per heavy atom. The molecule has 10 heteroatoms. The van der Waals surface area contributed by atoms with Gasteiger partial charge in [-0.25, -0.2) is 9.78 Å². The summed E-state index contributed by atoms with van der Waals surface area (Å²) in [4.78, 5) is 37.0. The minimum absolute atomic E-state index is 0. The van der Waals surface area contributed by atoms with Crippen molar-refractivity contribution in [2.24, 2.45) is 0 Å². The predicted molar refractivity (Wildman–Crippen MR) is 73.6 cm³/mol. The molecule has 23 heavy (non-hydrogen) atoms. The van der Waals surface area contributed by atoms with Crippen molar-refractivity contribution in [3.05, 3.63) is 27.9 Å². The van der Waals surface area contributed by atoms with Crippen molar-refractivity contribution in [2.45, 2.75) is 13.3 Å². The summed E-state index contributed by atoms with van der Waals surface area (Å²) in [5.74, 6) is -1.80. The fourth-order valence-corrected chi connectivity index (χ4v) is 1.54. The van der Waals surface area contributed by atoms with E-state index in [0.29, 0.717) is 6.61 Å². The fourth-order valence-electron chi connectivity index (χ4n) is 1.54. The molecule has 0 fully saturated rings. The van der Waals surface area contributed by atoms with Gasteiger partial charge in [-0.1, -0.05) is 0 Å². The second-order valence-corrected chi connectivity index (χ2v) is 4.07. The van der Waals surface area contributed by atoms with Crippen LogP contribution in [0.25, 0.3) is 0 Å². The van der Waals surface area contributed by atoms with Gasteiger partial charge in [0.2, 0.25) is 11.7 Å². The van der Waals surface area contributed by atoms with Crippen molar-refractivity contribution >= 4 is 17.4 Å². The monoisotopic (exact) mass is 351 g/mol. The number of hydrogen-bond acceptors (Lipinski definition) is 8. The smallest absolute Gasteiger partial charge is 0.475 e. The van der Waals surface area contributed by atoms with Gasteiger partial charge in [0.1, 0.15) is 12.8 Å². The largest absolute Gasteiger partial charge is 1.00 e. The third kappa shape index (κ3) is 7.46. The van der Waals surface area contributed by atoms with E-state index in [-0.39, 0.29) is 81.7 Å². The maximum atomic E-state index is 11.7. The molecular weight excluding hydrogens is 335 g/mol. The summed E-state index contributed by atoms with van der Waals surface area (Å²) in [6.45, 7) is 2.12. The Hall–Kier alpha value is -0.914. The molecule has 0 unspecified atom stereocenters. The number of rotatable bonds is 9. The van der Waals surface area contributed by atoms with Crippen LogP contribution in [0.5, 0.6) is 5.88 Å². The number of ketones is 1. The third-order valence-electron chi connectivity index (χ3n) is 2.53. The number of nitrogens with zero attached hydrogens (tertiary/aromatic N) is 2. The Balaban J connectivity index is 0.00000484. The average Bonchev–Trinajstić information content (AvgIpc) is 2.47. The molecule has 0 aliphatic rings. The summed E-state index contributed by atoms with van der Waals surface area (Å²) in [5, 5.41) is 10.9. The summed E-state index contributed by atoms with van der Waals surface area (Å²) in [6.07, 6.45) is 0.522. The van der Waals surface area contributed by atoms with Gasteiger partial charge in [0.15, 0.2) is 0 Å². The second-order valence-electron chi connectivity index (χ2n) is 4.07. The number of esters is 1. The third-order valence-corrected chi connectivity index (χ3v) is 2.53. The maximum Gasteiger partial charge on any atom is 1.00 e. The molecule has 1 heterocycles. The minimum Gasteiger partial charge on any atom is -0.475 e. The van der Waals surface area contributed by atoms with E-state index in [4.69, 9.17) is 9.47 Å². The molecular formula is C13H16KN2O7+. The molecule has 0 aromatic carbocycles. The van der Waals surface area contributed by atoms with Crippen LogP contribution in [0.15, 0.2) is 12.3 Å². The summed E-state index contributed by atoms with van der Waals surface area (Å²) in [6, 6.07) is 1.25. The van der Waals surface area contributed by atoms with Crippen LogP contribution in [-0.4, -0.2) is 48.6 Å². The van der Waals surface area contributed by atoms with Crippen LogP contribution in [-0.2, 0) is 25.5 Å². The number of pyridine rings is 1. The number of methoxy groups -OCH3 is 1. The minimum atomic E-state index is -1.03. The van der Waals surface area contributed by atoms with Crippen molar-refractivity contribution in [1.82, 2.24) is 4.98 Å². The van der Waals surface area contributed by atoms with Gasteiger partial charge in [-0.2, -0.15) is 0 Å². The number of Topliss-reactive ketones (excluding diaryl/α,β-unsaturated/α-hetero) is 1. The Morgan fingerprint density at radius 2 is 2.04 bits per heavy atom. The molecule has 0 aliphatic carbocycles. The standard InChI is InChI=1S/C13H16N2O7.K/c1-3-21-13(17)11(16)6-9-7-12(22-5-4-20-2)14-8-10(9)15(18)19;/h7-8H,3-6H2,1-2H3;/q;+1. The Bertz CT molecular complexity index is 565. The van der Waals surface area contributed by atoms with E-state index in [1.54, 1.807) is 6.92 Å². The number of hydrogen-bond donors (Lipinski definition) is 0. The van der Waals surface area contributed by atoms with Crippen LogP contribution in [0.1, 0.15) is 12.5 Å². The quantitative estimate of drug-likeness (QED) is 0.122. The molecule has 1 aromatic heterocycles. The molecule has 0 amide bonds. The van der Waals surface area contributed by atoms with Gasteiger partial charge >= 0.3 is 57.4 Å². The van der Waals surface area contributed by atoms with E-state index in [1.165, 1.54) is 13.2 Å². The molecule has 0 radical (unpaired) electrons. The second kappa shape index (κ2) is 11.6. The number of nitro groups is 1. The van der Waals surface area contributed by atoms with Crippen LogP contribution in [0.4, 0.5) is 5.69 Å². The van der Waals surface area contributed by atoms with Gasteiger partial charge in [-0.15, -0.1) is 0 Å². The molecule has 9 nitrogen and oxygen atoms in total. The van der Waals surface area contributed by atoms with E-state index in [2.05, 4.69) is 9.72 Å². The zero-order chi connectivity index (χ0) is 16.5. The van der Waals surface area contributed by atoms with Crippen LogP contribution in [0, 0.1) is 10.1 Å². The molecule has 0 N–H and O–H groups in total. The zero-order valence-electron chi connectivity index (χ0n) is 13.2. The number of aromatic nitrogens is 1. The van der Waals surface area contributed by atoms with Crippen molar-refractivity contribution < 1.29 is 80.1 Å². The summed E-state index contributed by atoms with van der Waals surface area (Å²) in [5.41, 5.74) is -0.331. The van der Waals surface area contributed by atoms with Gasteiger partial charge in [-0.05, 0) is 6.92 Å². The molecule has 0 atom stereocenters. The molecule has 0 saturated carbocycles. The first-order valence-electron chi connectivity index (χ1n) is 6.44. The molecule has 0 spiro atoms. The van der Waals surface area contributed by atoms with Gasteiger partial charge in [-0.3, -0.25) is 14.9 Å². The summed E-state index contributed by atoms with van der Waals surface area (Å²) in [7, 11) is 1.50. The first-order chi connectivity index (χ1) is 10.5.